The minimum absolute atomic E-state index is 0.491. The highest BCUT2D eigenvalue weighted by molar-refractivity contribution is 7.07. The lowest BCUT2D eigenvalue weighted by atomic mass is 10.2. The van der Waals surface area contributed by atoms with Crippen LogP contribution in [0.1, 0.15) is 5.56 Å². The highest BCUT2D eigenvalue weighted by Crippen LogP contribution is 1.99. The van der Waals surface area contributed by atoms with Gasteiger partial charge in [-0.25, -0.2) is 0 Å². The summed E-state index contributed by atoms with van der Waals surface area (Å²) in [5, 5.41) is 3.96. The average Bonchev–Trinajstić information content (AvgIpc) is 2.19. The number of hydrogen-bond donors (Lipinski definition) is 0. The Morgan fingerprint density at radius 1 is 1.25 bits per heavy atom. The molecule has 0 bridgehead atoms. The monoisotopic (exact) mass is 178 g/mol. The SMILES string of the molecule is O=CCc1ccccccsc1. The van der Waals surface area contributed by atoms with Gasteiger partial charge in [0.2, 0.25) is 0 Å². The molecule has 0 atom stereocenters. The summed E-state index contributed by atoms with van der Waals surface area (Å²) in [7, 11) is 0. The third-order valence-corrected chi connectivity index (χ3v) is 2.09. The van der Waals surface area contributed by atoms with Gasteiger partial charge in [-0.1, -0.05) is 30.3 Å². The number of aldehydes is 1. The smallest absolute Gasteiger partial charge is 0.124 e. The Hall–Kier alpha value is -1.15. The Morgan fingerprint density at radius 2 is 2.08 bits per heavy atom. The van der Waals surface area contributed by atoms with E-state index < -0.39 is 0 Å². The lowest BCUT2D eigenvalue weighted by Gasteiger charge is -1.84. The second kappa shape index (κ2) is 5.49. The molecule has 0 spiro atoms. The van der Waals surface area contributed by atoms with E-state index in [4.69, 9.17) is 0 Å². The molecule has 1 aromatic rings. The number of rotatable bonds is 2. The van der Waals surface area contributed by atoms with Crippen molar-refractivity contribution in [2.24, 2.45) is 0 Å². The molecule has 12 heavy (non-hydrogen) atoms. The summed E-state index contributed by atoms with van der Waals surface area (Å²) in [6.07, 6.45) is 1.41. The summed E-state index contributed by atoms with van der Waals surface area (Å²) in [6.45, 7) is 0. The van der Waals surface area contributed by atoms with E-state index in [9.17, 15) is 4.79 Å². The van der Waals surface area contributed by atoms with Crippen molar-refractivity contribution in [1.29, 1.82) is 0 Å². The van der Waals surface area contributed by atoms with Crippen LogP contribution in [0.3, 0.4) is 0 Å². The van der Waals surface area contributed by atoms with Gasteiger partial charge in [-0.3, -0.25) is 0 Å². The lowest BCUT2D eigenvalue weighted by molar-refractivity contribution is -0.107. The molecule has 0 saturated carbocycles. The van der Waals surface area contributed by atoms with E-state index in [2.05, 4.69) is 0 Å². The molecule has 0 aromatic carbocycles. The normalized spacial score (nSPS) is 8.67. The van der Waals surface area contributed by atoms with Crippen molar-refractivity contribution in [3.05, 3.63) is 46.7 Å². The first kappa shape index (κ1) is 8.94. The Labute approximate surface area is 76.0 Å². The molecule has 62 valence electrons. The maximum absolute atomic E-state index is 10.2. The summed E-state index contributed by atoms with van der Waals surface area (Å²) >= 11 is 1.59. The third kappa shape index (κ3) is 3.30. The first-order valence-electron chi connectivity index (χ1n) is 3.71. The quantitative estimate of drug-likeness (QED) is 0.636. The number of carbonyl (C=O) groups is 1. The molecule has 2 heteroatoms. The van der Waals surface area contributed by atoms with Gasteiger partial charge < -0.3 is 4.79 Å². The minimum atomic E-state index is 0.491. The molecule has 0 amide bonds. The van der Waals surface area contributed by atoms with Crippen LogP contribution < -0.4 is 0 Å². The molecule has 0 aliphatic rings. The van der Waals surface area contributed by atoms with E-state index in [1.54, 1.807) is 11.3 Å². The summed E-state index contributed by atoms with van der Waals surface area (Å²) < 4.78 is 0. The molecule has 1 aromatic heterocycles. The van der Waals surface area contributed by atoms with Gasteiger partial charge >= 0.3 is 0 Å². The van der Waals surface area contributed by atoms with Crippen molar-refractivity contribution in [3.63, 3.8) is 0 Å². The third-order valence-electron chi connectivity index (χ3n) is 1.34. The molecule has 0 fully saturated rings. The van der Waals surface area contributed by atoms with Crippen molar-refractivity contribution in [2.45, 2.75) is 6.42 Å². The van der Waals surface area contributed by atoms with Crippen molar-refractivity contribution >= 4 is 17.6 Å². The van der Waals surface area contributed by atoms with Crippen molar-refractivity contribution < 1.29 is 4.79 Å². The molecule has 0 unspecified atom stereocenters. The van der Waals surface area contributed by atoms with Crippen LogP contribution in [0.5, 0.6) is 0 Å². The fraction of sp³-hybridized carbons (Fsp3) is 0.100. The Bertz CT molecular complexity index is 265. The highest BCUT2D eigenvalue weighted by Gasteiger charge is 1.83. The van der Waals surface area contributed by atoms with E-state index >= 15 is 0 Å². The molecule has 0 radical (unpaired) electrons. The van der Waals surface area contributed by atoms with Crippen LogP contribution in [0.4, 0.5) is 0 Å². The van der Waals surface area contributed by atoms with Crippen LogP contribution in [0.2, 0.25) is 0 Å². The second-order valence-electron chi connectivity index (χ2n) is 2.27. The molecule has 1 rings (SSSR count). The van der Waals surface area contributed by atoms with Crippen LogP contribution in [-0.4, -0.2) is 6.29 Å². The molecule has 0 aliphatic heterocycles. The zero-order chi connectivity index (χ0) is 8.65. The van der Waals surface area contributed by atoms with Gasteiger partial charge in [-0.2, -0.15) is 11.3 Å². The first-order chi connectivity index (χ1) is 5.93. The zero-order valence-corrected chi connectivity index (χ0v) is 7.46. The molecule has 1 heterocycles. The fourth-order valence-corrected chi connectivity index (χ4v) is 1.39. The topological polar surface area (TPSA) is 17.1 Å². The van der Waals surface area contributed by atoms with Gasteiger partial charge in [0.05, 0.1) is 0 Å². The largest absolute Gasteiger partial charge is 0.303 e. The van der Waals surface area contributed by atoms with E-state index in [0.717, 1.165) is 11.8 Å². The minimum Gasteiger partial charge on any atom is -0.303 e. The molecule has 0 aliphatic carbocycles. The Morgan fingerprint density at radius 3 is 2.92 bits per heavy atom. The summed E-state index contributed by atoms with van der Waals surface area (Å²) in [5.41, 5.74) is 1.05. The Balaban J connectivity index is 3.01. The number of carbonyl (C=O) groups excluding carboxylic acids is 1. The van der Waals surface area contributed by atoms with Gasteiger partial charge in [-0.05, 0) is 16.3 Å². The van der Waals surface area contributed by atoms with Crippen LogP contribution >= 0.6 is 11.3 Å². The molecule has 1 nitrogen and oxygen atoms in total. The first-order valence-corrected chi connectivity index (χ1v) is 4.66. The standard InChI is InChI=1S/C10H10OS/c11-7-6-10-5-3-1-2-4-8-12-9-10/h1-5,7-9H,6H2. The number of hydrogen-bond acceptors (Lipinski definition) is 2. The molecular weight excluding hydrogens is 168 g/mol. The van der Waals surface area contributed by atoms with Gasteiger partial charge in [0, 0.05) is 6.42 Å². The van der Waals surface area contributed by atoms with Gasteiger partial charge in [0.1, 0.15) is 6.29 Å². The lowest BCUT2D eigenvalue weighted by Crippen LogP contribution is -1.80. The Kier molecular flexibility index (Phi) is 4.09. The van der Waals surface area contributed by atoms with Gasteiger partial charge in [0.15, 0.2) is 0 Å². The summed E-state index contributed by atoms with van der Waals surface area (Å²) in [6, 6.07) is 9.76. The molecular formula is C10H10OS. The maximum Gasteiger partial charge on any atom is 0.124 e. The summed E-state index contributed by atoms with van der Waals surface area (Å²) in [5.74, 6) is 0. The van der Waals surface area contributed by atoms with Crippen LogP contribution in [0.15, 0.2) is 41.1 Å². The zero-order valence-electron chi connectivity index (χ0n) is 6.64. The van der Waals surface area contributed by atoms with Crippen LogP contribution in [-0.2, 0) is 11.2 Å². The predicted molar refractivity (Wildman–Crippen MR) is 51.7 cm³/mol. The van der Waals surface area contributed by atoms with E-state index in [1.807, 2.05) is 41.1 Å². The highest BCUT2D eigenvalue weighted by atomic mass is 32.1. The summed E-state index contributed by atoms with van der Waals surface area (Å²) in [4.78, 5) is 10.2. The van der Waals surface area contributed by atoms with Crippen LogP contribution in [0, 0.1) is 0 Å². The average molecular weight is 178 g/mol. The van der Waals surface area contributed by atoms with E-state index in [1.165, 1.54) is 0 Å². The van der Waals surface area contributed by atoms with Crippen LogP contribution in [0.25, 0.3) is 0 Å². The fourth-order valence-electron chi connectivity index (χ4n) is 0.777. The second-order valence-corrected chi connectivity index (χ2v) is 3.05. The molecule has 0 saturated heterocycles. The predicted octanol–water partition coefficient (Wildman–Crippen LogP) is 2.61. The van der Waals surface area contributed by atoms with Crippen molar-refractivity contribution in [1.82, 2.24) is 0 Å². The maximum atomic E-state index is 10.2. The van der Waals surface area contributed by atoms with Crippen molar-refractivity contribution in [3.8, 4) is 0 Å². The van der Waals surface area contributed by atoms with E-state index in [-0.39, 0.29) is 0 Å². The van der Waals surface area contributed by atoms with Crippen molar-refractivity contribution in [2.75, 3.05) is 0 Å². The molecule has 0 N–H and O–H groups in total. The van der Waals surface area contributed by atoms with Gasteiger partial charge in [-0.15, -0.1) is 0 Å². The van der Waals surface area contributed by atoms with Gasteiger partial charge in [0.25, 0.3) is 0 Å². The van der Waals surface area contributed by atoms with E-state index in [0.29, 0.717) is 6.42 Å².